The van der Waals surface area contributed by atoms with Gasteiger partial charge in [0.2, 0.25) is 5.91 Å². The predicted molar refractivity (Wildman–Crippen MR) is 67.4 cm³/mol. The van der Waals surface area contributed by atoms with Crippen LogP contribution < -0.4 is 5.32 Å². The van der Waals surface area contributed by atoms with E-state index >= 15 is 0 Å². The molecule has 0 spiro atoms. The molecule has 0 radical (unpaired) electrons. The van der Waals surface area contributed by atoms with Gasteiger partial charge in [-0.15, -0.1) is 0 Å². The molecule has 0 aromatic rings. The van der Waals surface area contributed by atoms with Crippen LogP contribution in [0.3, 0.4) is 0 Å². The van der Waals surface area contributed by atoms with Crippen LogP contribution in [0.25, 0.3) is 0 Å². The summed E-state index contributed by atoms with van der Waals surface area (Å²) in [7, 11) is 0. The van der Waals surface area contributed by atoms with Gasteiger partial charge in [0.25, 0.3) is 0 Å². The van der Waals surface area contributed by atoms with E-state index in [-0.39, 0.29) is 23.3 Å². The molecule has 0 saturated carbocycles. The first-order valence-electron chi connectivity index (χ1n) is 5.95. The number of carbonyl (C=O) groups is 1. The zero-order valence-electron chi connectivity index (χ0n) is 11.6. The molecule has 3 nitrogen and oxygen atoms in total. The van der Waals surface area contributed by atoms with Gasteiger partial charge < -0.3 is 10.1 Å². The quantitative estimate of drug-likeness (QED) is 0.787. The Morgan fingerprint density at radius 2 is 1.62 bits per heavy atom. The highest BCUT2D eigenvalue weighted by molar-refractivity contribution is 5.77. The minimum absolute atomic E-state index is 0.0199. The van der Waals surface area contributed by atoms with Gasteiger partial charge in [0.05, 0.1) is 6.61 Å². The Kier molecular flexibility index (Phi) is 6.01. The van der Waals surface area contributed by atoms with Crippen LogP contribution in [0.2, 0.25) is 0 Å². The fraction of sp³-hybridized carbons (Fsp3) is 0.923. The molecule has 0 aliphatic carbocycles. The molecule has 0 fully saturated rings. The first-order chi connectivity index (χ1) is 7.10. The summed E-state index contributed by atoms with van der Waals surface area (Å²) in [5.74, 6) is -0.0199. The molecule has 0 aromatic heterocycles. The van der Waals surface area contributed by atoms with Gasteiger partial charge in [-0.3, -0.25) is 4.79 Å². The van der Waals surface area contributed by atoms with E-state index in [4.69, 9.17) is 4.74 Å². The van der Waals surface area contributed by atoms with Crippen LogP contribution in [0.15, 0.2) is 0 Å². The largest absolute Gasteiger partial charge is 0.371 e. The molecule has 1 amide bonds. The Morgan fingerprint density at radius 3 is 2.06 bits per heavy atom. The monoisotopic (exact) mass is 229 g/mol. The second-order valence-electron chi connectivity index (χ2n) is 6.71. The molecule has 0 aliphatic rings. The maximum Gasteiger partial charge on any atom is 0.245 e. The number of rotatable bonds is 5. The van der Waals surface area contributed by atoms with Crippen LogP contribution in [0.1, 0.15) is 48.0 Å². The Hall–Kier alpha value is -0.570. The van der Waals surface area contributed by atoms with Crippen molar-refractivity contribution in [3.63, 3.8) is 0 Å². The highest BCUT2D eigenvalue weighted by atomic mass is 16.5. The van der Waals surface area contributed by atoms with E-state index in [0.717, 1.165) is 13.0 Å². The van der Waals surface area contributed by atoms with E-state index in [0.29, 0.717) is 6.61 Å². The summed E-state index contributed by atoms with van der Waals surface area (Å²) in [5, 5.41) is 2.86. The average molecular weight is 229 g/mol. The van der Waals surface area contributed by atoms with E-state index in [1.165, 1.54) is 0 Å². The second-order valence-corrected chi connectivity index (χ2v) is 6.71. The Labute approximate surface area is 99.9 Å². The maximum atomic E-state index is 11.4. The lowest BCUT2D eigenvalue weighted by Gasteiger charge is -2.19. The fourth-order valence-electron chi connectivity index (χ4n) is 1.08. The highest BCUT2D eigenvalue weighted by Gasteiger charge is 2.12. The van der Waals surface area contributed by atoms with Crippen LogP contribution in [-0.2, 0) is 9.53 Å². The summed E-state index contributed by atoms with van der Waals surface area (Å²) >= 11 is 0. The maximum absolute atomic E-state index is 11.4. The minimum atomic E-state index is -0.0199. The van der Waals surface area contributed by atoms with Crippen molar-refractivity contribution in [2.45, 2.75) is 48.0 Å². The number of hydrogen-bond donors (Lipinski definition) is 1. The van der Waals surface area contributed by atoms with Gasteiger partial charge in [-0.1, -0.05) is 41.5 Å². The molecule has 0 aliphatic heterocycles. The fourth-order valence-corrected chi connectivity index (χ4v) is 1.08. The summed E-state index contributed by atoms with van der Waals surface area (Å²) in [6.45, 7) is 14.3. The SMILES string of the molecule is CC(C)(C)CCNC(=O)COCC(C)(C)C. The summed E-state index contributed by atoms with van der Waals surface area (Å²) in [6.07, 6.45) is 0.984. The lowest BCUT2D eigenvalue weighted by molar-refractivity contribution is -0.126. The number of amides is 1. The molecule has 16 heavy (non-hydrogen) atoms. The van der Waals surface area contributed by atoms with E-state index in [1.54, 1.807) is 0 Å². The highest BCUT2D eigenvalue weighted by Crippen LogP contribution is 2.16. The molecule has 1 N–H and O–H groups in total. The van der Waals surface area contributed by atoms with Crippen molar-refractivity contribution < 1.29 is 9.53 Å². The Balaban J connectivity index is 3.53. The number of nitrogens with one attached hydrogen (secondary N) is 1. The molecular formula is C13H27NO2. The van der Waals surface area contributed by atoms with Crippen LogP contribution in [0.5, 0.6) is 0 Å². The number of ether oxygens (including phenoxy) is 1. The zero-order chi connectivity index (χ0) is 12.8. The van der Waals surface area contributed by atoms with Crippen molar-refractivity contribution in [3.05, 3.63) is 0 Å². The minimum Gasteiger partial charge on any atom is -0.371 e. The van der Waals surface area contributed by atoms with Crippen molar-refractivity contribution in [2.75, 3.05) is 19.8 Å². The third-order valence-corrected chi connectivity index (χ3v) is 1.97. The lowest BCUT2D eigenvalue weighted by atomic mass is 9.92. The van der Waals surface area contributed by atoms with Crippen molar-refractivity contribution in [1.29, 1.82) is 0 Å². The first-order valence-corrected chi connectivity index (χ1v) is 5.95. The van der Waals surface area contributed by atoms with Crippen molar-refractivity contribution in [3.8, 4) is 0 Å². The van der Waals surface area contributed by atoms with Gasteiger partial charge in [0, 0.05) is 6.54 Å². The van der Waals surface area contributed by atoms with Gasteiger partial charge in [0.15, 0.2) is 0 Å². The molecule has 0 aromatic carbocycles. The van der Waals surface area contributed by atoms with E-state index in [2.05, 4.69) is 46.9 Å². The Morgan fingerprint density at radius 1 is 1.06 bits per heavy atom. The average Bonchev–Trinajstić information content (AvgIpc) is 1.98. The molecular weight excluding hydrogens is 202 g/mol. The standard InChI is InChI=1S/C13H27NO2/c1-12(2,3)7-8-14-11(15)9-16-10-13(4,5)6/h7-10H2,1-6H3,(H,14,15). The predicted octanol–water partition coefficient (Wildman–Crippen LogP) is 2.60. The zero-order valence-corrected chi connectivity index (χ0v) is 11.6. The molecule has 3 heteroatoms. The van der Waals surface area contributed by atoms with E-state index in [1.807, 2.05) is 0 Å². The van der Waals surface area contributed by atoms with E-state index in [9.17, 15) is 4.79 Å². The summed E-state index contributed by atoms with van der Waals surface area (Å²) in [4.78, 5) is 11.4. The van der Waals surface area contributed by atoms with Gasteiger partial charge in [-0.05, 0) is 17.3 Å². The van der Waals surface area contributed by atoms with Crippen LogP contribution >= 0.6 is 0 Å². The third kappa shape index (κ3) is 11.5. The van der Waals surface area contributed by atoms with Gasteiger partial charge in [0.1, 0.15) is 6.61 Å². The molecule has 0 heterocycles. The number of hydrogen-bond acceptors (Lipinski definition) is 2. The van der Waals surface area contributed by atoms with Crippen molar-refractivity contribution in [1.82, 2.24) is 5.32 Å². The van der Waals surface area contributed by atoms with Crippen LogP contribution in [-0.4, -0.2) is 25.7 Å². The van der Waals surface area contributed by atoms with Crippen molar-refractivity contribution in [2.24, 2.45) is 10.8 Å². The summed E-state index contributed by atoms with van der Waals surface area (Å²) < 4.78 is 5.33. The smallest absolute Gasteiger partial charge is 0.245 e. The molecule has 0 bridgehead atoms. The van der Waals surface area contributed by atoms with Crippen molar-refractivity contribution >= 4 is 5.91 Å². The summed E-state index contributed by atoms with van der Waals surface area (Å²) in [5.41, 5.74) is 0.380. The normalized spacial score (nSPS) is 12.6. The van der Waals surface area contributed by atoms with Crippen LogP contribution in [0, 0.1) is 10.8 Å². The lowest BCUT2D eigenvalue weighted by Crippen LogP contribution is -2.31. The van der Waals surface area contributed by atoms with Crippen LogP contribution in [0.4, 0.5) is 0 Å². The Bertz CT molecular complexity index is 189. The molecule has 0 rings (SSSR count). The number of carbonyl (C=O) groups excluding carboxylic acids is 1. The molecule has 0 saturated heterocycles. The molecule has 0 unspecified atom stereocenters. The molecule has 96 valence electrons. The topological polar surface area (TPSA) is 38.3 Å². The van der Waals surface area contributed by atoms with Gasteiger partial charge in [-0.25, -0.2) is 0 Å². The third-order valence-electron chi connectivity index (χ3n) is 1.97. The molecule has 0 atom stereocenters. The van der Waals surface area contributed by atoms with E-state index < -0.39 is 0 Å². The second kappa shape index (κ2) is 6.24. The van der Waals surface area contributed by atoms with Gasteiger partial charge in [-0.2, -0.15) is 0 Å². The first kappa shape index (κ1) is 15.4. The van der Waals surface area contributed by atoms with Gasteiger partial charge >= 0.3 is 0 Å². The summed E-state index contributed by atoms with van der Waals surface area (Å²) in [6, 6.07) is 0.